The smallest absolute Gasteiger partial charge is 0.240 e. The molecule has 1 amide bonds. The normalized spacial score (nSPS) is 16.8. The second kappa shape index (κ2) is 7.88. The van der Waals surface area contributed by atoms with Gasteiger partial charge in [0.2, 0.25) is 11.8 Å². The number of hydrogen-bond donors (Lipinski definition) is 0. The second-order valence-electron chi connectivity index (χ2n) is 8.06. The van der Waals surface area contributed by atoms with Crippen molar-refractivity contribution in [2.24, 2.45) is 0 Å². The van der Waals surface area contributed by atoms with Gasteiger partial charge in [-0.1, -0.05) is 30.3 Å². The number of rotatable bonds is 5. The van der Waals surface area contributed by atoms with Gasteiger partial charge in [-0.15, -0.1) is 0 Å². The van der Waals surface area contributed by atoms with Crippen molar-refractivity contribution in [1.82, 2.24) is 9.47 Å². The zero-order chi connectivity index (χ0) is 21.4. The highest BCUT2D eigenvalue weighted by Crippen LogP contribution is 2.36. The number of carbonyl (C=O) groups excluding carboxylic acids is 3. The van der Waals surface area contributed by atoms with E-state index in [0.717, 1.165) is 16.5 Å². The lowest BCUT2D eigenvalue weighted by Gasteiger charge is -2.29. The molecule has 154 valence electrons. The Morgan fingerprint density at radius 1 is 1.03 bits per heavy atom. The minimum absolute atomic E-state index is 0.0858. The van der Waals surface area contributed by atoms with E-state index in [2.05, 4.69) is 0 Å². The molecule has 1 aromatic heterocycles. The fourth-order valence-corrected chi connectivity index (χ4v) is 4.08. The summed E-state index contributed by atoms with van der Waals surface area (Å²) in [5.41, 5.74) is 2.89. The van der Waals surface area contributed by atoms with Gasteiger partial charge in [0, 0.05) is 24.0 Å². The van der Waals surface area contributed by atoms with Crippen molar-refractivity contribution in [1.29, 1.82) is 0 Å². The van der Waals surface area contributed by atoms with Gasteiger partial charge in [-0.2, -0.15) is 0 Å². The Labute approximate surface area is 175 Å². The van der Waals surface area contributed by atoms with Crippen LogP contribution in [0.15, 0.2) is 54.6 Å². The summed E-state index contributed by atoms with van der Waals surface area (Å²) in [6.45, 7) is 2.51. The highest BCUT2D eigenvalue weighted by molar-refractivity contribution is 6.13. The SMILES string of the molecule is Cc1cccc(N2C(=O)CC(=O)n3c(cc4ccccc43)C2C(=O)CCN(C)C)c1. The standard InChI is InChI=1S/C24H25N3O3/c1-16-7-6-9-18(13-16)26-22(29)15-23(30)27-19-10-5-4-8-17(19)14-20(27)24(26)21(28)11-12-25(2)3/h4-10,13-14,24H,11-12,15H2,1-3H3. The van der Waals surface area contributed by atoms with E-state index in [1.807, 2.05) is 80.5 Å². The molecular formula is C24H25N3O3. The van der Waals surface area contributed by atoms with Crippen molar-refractivity contribution in [2.45, 2.75) is 25.8 Å². The molecule has 2 heterocycles. The van der Waals surface area contributed by atoms with Crippen LogP contribution in [-0.4, -0.2) is 47.7 Å². The number of carbonyl (C=O) groups is 3. The largest absolute Gasteiger partial charge is 0.309 e. The first-order valence-corrected chi connectivity index (χ1v) is 10.1. The molecule has 1 unspecified atom stereocenters. The van der Waals surface area contributed by atoms with E-state index in [1.54, 1.807) is 4.57 Å². The zero-order valence-corrected chi connectivity index (χ0v) is 17.5. The molecule has 30 heavy (non-hydrogen) atoms. The molecule has 0 saturated heterocycles. The summed E-state index contributed by atoms with van der Waals surface area (Å²) < 4.78 is 1.56. The average Bonchev–Trinajstić information content (AvgIpc) is 3.04. The number of para-hydroxylation sites is 1. The van der Waals surface area contributed by atoms with Gasteiger partial charge in [0.1, 0.15) is 12.5 Å². The molecule has 1 aliphatic heterocycles. The van der Waals surface area contributed by atoms with Crippen LogP contribution in [0.4, 0.5) is 5.69 Å². The van der Waals surface area contributed by atoms with Crippen LogP contribution in [0, 0.1) is 6.92 Å². The Kier molecular flexibility index (Phi) is 5.26. The minimum atomic E-state index is -0.849. The van der Waals surface area contributed by atoms with E-state index in [1.165, 1.54) is 4.90 Å². The molecule has 0 aliphatic carbocycles. The van der Waals surface area contributed by atoms with Gasteiger partial charge in [-0.05, 0) is 50.8 Å². The Hall–Kier alpha value is -3.25. The number of nitrogens with zero attached hydrogens (tertiary/aromatic N) is 3. The lowest BCUT2D eigenvalue weighted by Crippen LogP contribution is -2.39. The number of hydrogen-bond acceptors (Lipinski definition) is 4. The van der Waals surface area contributed by atoms with Crippen molar-refractivity contribution in [3.8, 4) is 0 Å². The van der Waals surface area contributed by atoms with Crippen molar-refractivity contribution in [3.63, 3.8) is 0 Å². The van der Waals surface area contributed by atoms with Gasteiger partial charge in [0.25, 0.3) is 0 Å². The molecule has 3 aromatic rings. The number of anilines is 1. The van der Waals surface area contributed by atoms with E-state index in [9.17, 15) is 14.4 Å². The van der Waals surface area contributed by atoms with Crippen LogP contribution in [0.3, 0.4) is 0 Å². The second-order valence-corrected chi connectivity index (χ2v) is 8.06. The summed E-state index contributed by atoms with van der Waals surface area (Å²) in [6, 6.07) is 16.1. The molecule has 0 fully saturated rings. The predicted octanol–water partition coefficient (Wildman–Crippen LogP) is 3.59. The highest BCUT2D eigenvalue weighted by Gasteiger charge is 2.39. The molecular weight excluding hydrogens is 378 g/mol. The van der Waals surface area contributed by atoms with Gasteiger partial charge >= 0.3 is 0 Å². The van der Waals surface area contributed by atoms with Gasteiger partial charge in [-0.3, -0.25) is 23.9 Å². The molecule has 0 bridgehead atoms. The van der Waals surface area contributed by atoms with Gasteiger partial charge in [-0.25, -0.2) is 0 Å². The number of ketones is 1. The Morgan fingerprint density at radius 2 is 1.80 bits per heavy atom. The quantitative estimate of drug-likeness (QED) is 0.611. The van der Waals surface area contributed by atoms with Crippen LogP contribution in [0.5, 0.6) is 0 Å². The molecule has 1 aliphatic rings. The number of fused-ring (bicyclic) bond motifs is 3. The topological polar surface area (TPSA) is 62.6 Å². The molecule has 1 atom stereocenters. The van der Waals surface area contributed by atoms with Crippen LogP contribution in [0.2, 0.25) is 0 Å². The number of aryl methyl sites for hydroxylation is 1. The zero-order valence-electron chi connectivity index (χ0n) is 17.5. The first kappa shape index (κ1) is 20.0. The van der Waals surface area contributed by atoms with E-state index in [0.29, 0.717) is 17.9 Å². The van der Waals surface area contributed by atoms with Crippen LogP contribution >= 0.6 is 0 Å². The monoisotopic (exact) mass is 403 g/mol. The fourth-order valence-electron chi connectivity index (χ4n) is 4.08. The Morgan fingerprint density at radius 3 is 2.53 bits per heavy atom. The van der Waals surface area contributed by atoms with Crippen molar-refractivity contribution < 1.29 is 14.4 Å². The third-order valence-corrected chi connectivity index (χ3v) is 5.49. The van der Waals surface area contributed by atoms with E-state index in [-0.39, 0.29) is 30.4 Å². The minimum Gasteiger partial charge on any atom is -0.309 e. The van der Waals surface area contributed by atoms with Crippen LogP contribution in [0.1, 0.15) is 34.9 Å². The molecule has 2 aromatic carbocycles. The average molecular weight is 403 g/mol. The molecule has 0 N–H and O–H groups in total. The molecule has 6 nitrogen and oxygen atoms in total. The first-order chi connectivity index (χ1) is 14.4. The molecule has 0 spiro atoms. The molecule has 0 radical (unpaired) electrons. The summed E-state index contributed by atoms with van der Waals surface area (Å²) in [7, 11) is 3.81. The maximum atomic E-state index is 13.5. The van der Waals surface area contributed by atoms with E-state index in [4.69, 9.17) is 0 Å². The van der Waals surface area contributed by atoms with Crippen LogP contribution in [0.25, 0.3) is 10.9 Å². The maximum Gasteiger partial charge on any atom is 0.240 e. The molecule has 6 heteroatoms. The number of aromatic nitrogens is 1. The third-order valence-electron chi connectivity index (χ3n) is 5.49. The van der Waals surface area contributed by atoms with Crippen molar-refractivity contribution in [3.05, 3.63) is 65.9 Å². The van der Waals surface area contributed by atoms with Gasteiger partial charge < -0.3 is 4.90 Å². The van der Waals surface area contributed by atoms with Gasteiger partial charge in [0.05, 0.1) is 11.2 Å². The lowest BCUT2D eigenvalue weighted by atomic mass is 10.0. The Balaban J connectivity index is 1.93. The summed E-state index contributed by atoms with van der Waals surface area (Å²) in [4.78, 5) is 43.2. The predicted molar refractivity (Wildman–Crippen MR) is 117 cm³/mol. The van der Waals surface area contributed by atoms with Crippen LogP contribution in [-0.2, 0) is 9.59 Å². The number of amides is 1. The third kappa shape index (κ3) is 3.55. The van der Waals surface area contributed by atoms with Crippen molar-refractivity contribution in [2.75, 3.05) is 25.5 Å². The first-order valence-electron chi connectivity index (χ1n) is 10.1. The summed E-state index contributed by atoms with van der Waals surface area (Å²) in [6.07, 6.45) is 0.0000544. The molecule has 4 rings (SSSR count). The van der Waals surface area contributed by atoms with Crippen molar-refractivity contribution >= 4 is 34.2 Å². The Bertz CT molecular complexity index is 1150. The fraction of sp³-hybridized carbons (Fsp3) is 0.292. The maximum absolute atomic E-state index is 13.5. The van der Waals surface area contributed by atoms with E-state index >= 15 is 0 Å². The summed E-state index contributed by atoms with van der Waals surface area (Å²) in [5, 5.41) is 0.879. The van der Waals surface area contributed by atoms with E-state index < -0.39 is 6.04 Å². The highest BCUT2D eigenvalue weighted by atomic mass is 16.2. The van der Waals surface area contributed by atoms with Crippen LogP contribution < -0.4 is 4.90 Å². The van der Waals surface area contributed by atoms with Gasteiger partial charge in [0.15, 0.2) is 5.78 Å². The lowest BCUT2D eigenvalue weighted by molar-refractivity contribution is -0.125. The summed E-state index contributed by atoms with van der Waals surface area (Å²) in [5.74, 6) is -0.754. The summed E-state index contributed by atoms with van der Waals surface area (Å²) >= 11 is 0. The number of Topliss-reactive ketones (excluding diaryl/α,β-unsaturated/α-hetero) is 1. The number of benzene rings is 2. The molecule has 0 saturated carbocycles.